The number of hydrogen-bond donors (Lipinski definition) is 1. The van der Waals surface area contributed by atoms with Gasteiger partial charge in [-0.25, -0.2) is 4.68 Å². The number of piperidine rings is 2. The summed E-state index contributed by atoms with van der Waals surface area (Å²) in [5.41, 5.74) is 0.450. The zero-order valence-corrected chi connectivity index (χ0v) is 16.1. The van der Waals surface area contributed by atoms with E-state index in [0.717, 1.165) is 44.5 Å². The van der Waals surface area contributed by atoms with Crippen LogP contribution in [0, 0.1) is 0 Å². The van der Waals surface area contributed by atoms with E-state index in [0.29, 0.717) is 24.8 Å². The monoisotopic (exact) mass is 391 g/mol. The molecule has 7 nitrogen and oxygen atoms in total. The van der Waals surface area contributed by atoms with E-state index in [2.05, 4.69) is 15.6 Å². The molecule has 2 saturated heterocycles. The van der Waals surface area contributed by atoms with Crippen LogP contribution in [-0.4, -0.2) is 58.1 Å². The van der Waals surface area contributed by atoms with Gasteiger partial charge in [0.1, 0.15) is 11.9 Å². The summed E-state index contributed by atoms with van der Waals surface area (Å²) < 4.78 is 7.86. The van der Waals surface area contributed by atoms with Crippen LogP contribution in [0.3, 0.4) is 0 Å². The molecule has 3 heterocycles. The maximum absolute atomic E-state index is 12.7. The van der Waals surface area contributed by atoms with Gasteiger partial charge in [0.15, 0.2) is 5.69 Å². The molecule has 1 amide bonds. The normalized spacial score (nSPS) is 18.7. The van der Waals surface area contributed by atoms with Gasteiger partial charge in [-0.2, -0.15) is 0 Å². The fourth-order valence-electron chi connectivity index (χ4n) is 3.65. The highest BCUT2D eigenvalue weighted by Crippen LogP contribution is 2.21. The van der Waals surface area contributed by atoms with Crippen LogP contribution >= 0.6 is 12.4 Å². The average molecular weight is 392 g/mol. The van der Waals surface area contributed by atoms with Gasteiger partial charge in [0, 0.05) is 25.9 Å². The van der Waals surface area contributed by atoms with Gasteiger partial charge in [-0.1, -0.05) is 23.4 Å². The highest BCUT2D eigenvalue weighted by molar-refractivity contribution is 5.92. The molecule has 1 aromatic carbocycles. The predicted octanol–water partition coefficient (Wildman–Crippen LogP) is 2.31. The molecule has 0 atom stereocenters. The third-order valence-electron chi connectivity index (χ3n) is 5.19. The van der Waals surface area contributed by atoms with Crippen LogP contribution in [0.4, 0.5) is 0 Å². The average Bonchev–Trinajstić information content (AvgIpc) is 3.20. The van der Waals surface area contributed by atoms with Crippen molar-refractivity contribution in [2.45, 2.75) is 37.8 Å². The van der Waals surface area contributed by atoms with E-state index in [4.69, 9.17) is 4.74 Å². The van der Waals surface area contributed by atoms with Crippen molar-refractivity contribution < 1.29 is 9.53 Å². The Morgan fingerprint density at radius 1 is 1.07 bits per heavy atom. The lowest BCUT2D eigenvalue weighted by atomic mass is 10.1. The minimum absolute atomic E-state index is 0. The zero-order valence-electron chi connectivity index (χ0n) is 15.3. The van der Waals surface area contributed by atoms with Crippen LogP contribution in [0.1, 0.15) is 42.2 Å². The lowest BCUT2D eigenvalue weighted by Gasteiger charge is -2.31. The molecule has 2 aliphatic heterocycles. The molecule has 146 valence electrons. The van der Waals surface area contributed by atoms with Gasteiger partial charge in [0.25, 0.3) is 5.91 Å². The van der Waals surface area contributed by atoms with Crippen LogP contribution in [0.5, 0.6) is 5.75 Å². The Labute approximate surface area is 165 Å². The number of amides is 1. The van der Waals surface area contributed by atoms with Crippen molar-refractivity contribution in [3.63, 3.8) is 0 Å². The first-order valence-electron chi connectivity index (χ1n) is 9.43. The number of para-hydroxylation sites is 1. The highest BCUT2D eigenvalue weighted by atomic mass is 35.5. The first-order valence-corrected chi connectivity index (χ1v) is 9.43. The molecule has 0 radical (unpaired) electrons. The van der Waals surface area contributed by atoms with Gasteiger partial charge in [0.05, 0.1) is 12.2 Å². The number of likely N-dealkylation sites (tertiary alicyclic amines) is 1. The topological polar surface area (TPSA) is 72.3 Å². The molecule has 4 rings (SSSR count). The van der Waals surface area contributed by atoms with E-state index in [9.17, 15) is 4.79 Å². The second-order valence-corrected chi connectivity index (χ2v) is 6.99. The Balaban J connectivity index is 0.00000210. The second-order valence-electron chi connectivity index (χ2n) is 6.99. The number of hydrogen-bond acceptors (Lipinski definition) is 5. The number of rotatable bonds is 4. The van der Waals surface area contributed by atoms with Gasteiger partial charge in [-0.3, -0.25) is 4.79 Å². The second kappa shape index (κ2) is 9.19. The molecule has 0 aliphatic carbocycles. The standard InChI is InChI=1S/C19H25N5O2.ClH/c25-19(18-14-24(22-21-18)15-6-10-20-11-7-15)23-12-8-17(9-13-23)26-16-4-2-1-3-5-16;/h1-5,14-15,17,20H,6-13H2;1H. The van der Waals surface area contributed by atoms with Crippen LogP contribution in [0.2, 0.25) is 0 Å². The van der Waals surface area contributed by atoms with Crippen LogP contribution < -0.4 is 10.1 Å². The van der Waals surface area contributed by atoms with Gasteiger partial charge in [-0.15, -0.1) is 17.5 Å². The third kappa shape index (κ3) is 4.78. The summed E-state index contributed by atoms with van der Waals surface area (Å²) in [5, 5.41) is 11.7. The molecule has 1 N–H and O–H groups in total. The SMILES string of the molecule is Cl.O=C(c1cn(C2CCNCC2)nn1)N1CCC(Oc2ccccc2)CC1. The van der Waals surface area contributed by atoms with E-state index in [-0.39, 0.29) is 24.4 Å². The summed E-state index contributed by atoms with van der Waals surface area (Å²) in [4.78, 5) is 14.6. The first-order chi connectivity index (χ1) is 12.8. The highest BCUT2D eigenvalue weighted by Gasteiger charge is 2.27. The number of benzene rings is 1. The molecule has 8 heteroatoms. The Morgan fingerprint density at radius 3 is 2.48 bits per heavy atom. The van der Waals surface area contributed by atoms with Crippen molar-refractivity contribution in [3.05, 3.63) is 42.2 Å². The van der Waals surface area contributed by atoms with Gasteiger partial charge in [-0.05, 0) is 38.1 Å². The number of halogens is 1. The zero-order chi connectivity index (χ0) is 17.8. The summed E-state index contributed by atoms with van der Waals surface area (Å²) in [5.74, 6) is 0.866. The first kappa shape index (κ1) is 19.6. The van der Waals surface area contributed by atoms with Gasteiger partial charge < -0.3 is 15.0 Å². The molecule has 27 heavy (non-hydrogen) atoms. The molecule has 2 aliphatic rings. The van der Waals surface area contributed by atoms with Gasteiger partial charge >= 0.3 is 0 Å². The smallest absolute Gasteiger partial charge is 0.276 e. The van der Waals surface area contributed by atoms with Crippen LogP contribution in [0.15, 0.2) is 36.5 Å². The van der Waals surface area contributed by atoms with Crippen molar-refractivity contribution in [1.29, 1.82) is 0 Å². The molecular formula is C19H26ClN5O2. The summed E-state index contributed by atoms with van der Waals surface area (Å²) in [6, 6.07) is 10.2. The van der Waals surface area contributed by atoms with Crippen LogP contribution in [-0.2, 0) is 0 Å². The fourth-order valence-corrected chi connectivity index (χ4v) is 3.65. The van der Waals surface area contributed by atoms with Crippen LogP contribution in [0.25, 0.3) is 0 Å². The molecule has 1 aromatic heterocycles. The summed E-state index contributed by atoms with van der Waals surface area (Å²) in [6.45, 7) is 3.36. The minimum atomic E-state index is -0.0247. The molecular weight excluding hydrogens is 366 g/mol. The quantitative estimate of drug-likeness (QED) is 0.865. The van der Waals surface area contributed by atoms with E-state index < -0.39 is 0 Å². The molecule has 0 bridgehead atoms. The van der Waals surface area contributed by atoms with Gasteiger partial charge in [0.2, 0.25) is 0 Å². The Kier molecular flexibility index (Phi) is 6.68. The van der Waals surface area contributed by atoms with Crippen molar-refractivity contribution in [1.82, 2.24) is 25.2 Å². The lowest BCUT2D eigenvalue weighted by Crippen LogP contribution is -2.42. The number of nitrogens with zero attached hydrogens (tertiary/aromatic N) is 4. The summed E-state index contributed by atoms with van der Waals surface area (Å²) in [6.07, 6.45) is 5.70. The van der Waals surface area contributed by atoms with E-state index >= 15 is 0 Å². The number of carbonyl (C=O) groups is 1. The lowest BCUT2D eigenvalue weighted by molar-refractivity contribution is 0.0590. The Hall–Kier alpha value is -2.12. The number of nitrogens with one attached hydrogen (secondary N) is 1. The molecule has 2 fully saturated rings. The Bertz CT molecular complexity index is 725. The predicted molar refractivity (Wildman–Crippen MR) is 104 cm³/mol. The van der Waals surface area contributed by atoms with Crippen molar-refractivity contribution in [2.75, 3.05) is 26.2 Å². The van der Waals surface area contributed by atoms with E-state index in [1.165, 1.54) is 0 Å². The van der Waals surface area contributed by atoms with E-state index in [1.54, 1.807) is 0 Å². The number of ether oxygens (including phenoxy) is 1. The Morgan fingerprint density at radius 2 is 1.78 bits per heavy atom. The maximum atomic E-state index is 12.7. The summed E-state index contributed by atoms with van der Waals surface area (Å²) >= 11 is 0. The molecule has 0 saturated carbocycles. The largest absolute Gasteiger partial charge is 0.490 e. The summed E-state index contributed by atoms with van der Waals surface area (Å²) in [7, 11) is 0. The molecule has 0 unspecified atom stereocenters. The number of aromatic nitrogens is 3. The molecule has 2 aromatic rings. The third-order valence-corrected chi connectivity index (χ3v) is 5.19. The fraction of sp³-hybridized carbons (Fsp3) is 0.526. The van der Waals surface area contributed by atoms with E-state index in [1.807, 2.05) is 46.1 Å². The van der Waals surface area contributed by atoms with Crippen molar-refractivity contribution in [3.8, 4) is 5.75 Å². The minimum Gasteiger partial charge on any atom is -0.490 e. The molecule has 0 spiro atoms. The van der Waals surface area contributed by atoms with Crippen molar-refractivity contribution >= 4 is 18.3 Å². The maximum Gasteiger partial charge on any atom is 0.276 e. The number of carbonyl (C=O) groups excluding carboxylic acids is 1. The van der Waals surface area contributed by atoms with Crippen molar-refractivity contribution in [2.24, 2.45) is 0 Å².